The van der Waals surface area contributed by atoms with Crippen LogP contribution in [0.4, 0.5) is 5.69 Å². The van der Waals surface area contributed by atoms with E-state index in [1.54, 1.807) is 43.0 Å². The molecule has 166 valence electrons. The minimum Gasteiger partial charge on any atom is -0.459 e. The Bertz CT molecular complexity index is 1050. The quantitative estimate of drug-likeness (QED) is 0.270. The average Bonchev–Trinajstić information content (AvgIpc) is 3.34. The number of amides is 2. The monoisotopic (exact) mass is 452 g/mol. The van der Waals surface area contributed by atoms with Crippen LogP contribution < -0.4 is 10.6 Å². The maximum Gasteiger partial charge on any atom is 0.338 e. The summed E-state index contributed by atoms with van der Waals surface area (Å²) in [5.74, 6) is -0.389. The normalized spacial score (nSPS) is 10.4. The first kappa shape index (κ1) is 23.1. The molecule has 3 rings (SSSR count). The van der Waals surface area contributed by atoms with Crippen molar-refractivity contribution in [2.75, 3.05) is 24.2 Å². The van der Waals surface area contributed by atoms with E-state index in [9.17, 15) is 14.4 Å². The molecule has 2 amide bonds. The van der Waals surface area contributed by atoms with Crippen LogP contribution >= 0.6 is 11.8 Å². The summed E-state index contributed by atoms with van der Waals surface area (Å²) in [5, 5.41) is 5.44. The number of esters is 1. The molecule has 0 saturated carbocycles. The molecule has 7 nitrogen and oxygen atoms in total. The van der Waals surface area contributed by atoms with Crippen molar-refractivity contribution in [2.24, 2.45) is 0 Å². The second kappa shape index (κ2) is 11.8. The molecular weight excluding hydrogens is 428 g/mol. The van der Waals surface area contributed by atoms with Crippen LogP contribution in [0, 0.1) is 6.92 Å². The van der Waals surface area contributed by atoms with E-state index >= 15 is 0 Å². The molecule has 0 atom stereocenters. The van der Waals surface area contributed by atoms with Crippen molar-refractivity contribution >= 4 is 35.2 Å². The second-order valence-corrected chi connectivity index (χ2v) is 8.07. The molecular formula is C24H24N2O5S. The zero-order chi connectivity index (χ0) is 22.8. The Morgan fingerprint density at radius 3 is 2.59 bits per heavy atom. The van der Waals surface area contributed by atoms with Gasteiger partial charge in [0, 0.05) is 17.1 Å². The van der Waals surface area contributed by atoms with E-state index in [0.717, 1.165) is 17.7 Å². The first-order valence-corrected chi connectivity index (χ1v) is 11.1. The van der Waals surface area contributed by atoms with Crippen LogP contribution in [0.2, 0.25) is 0 Å². The van der Waals surface area contributed by atoms with E-state index in [-0.39, 0.29) is 23.8 Å². The number of nitrogens with one attached hydrogen (secondary N) is 2. The van der Waals surface area contributed by atoms with Crippen LogP contribution in [0.1, 0.15) is 32.9 Å². The van der Waals surface area contributed by atoms with Crippen molar-refractivity contribution < 1.29 is 23.5 Å². The van der Waals surface area contributed by atoms with Crippen molar-refractivity contribution in [1.82, 2.24) is 5.32 Å². The fourth-order valence-electron chi connectivity index (χ4n) is 2.75. The standard InChI is InChI=1S/C24H24N2O5S/c1-17-10-11-18(15-20(17)26-23(28)21-9-5-13-30-21)24(29)31-16-22(27)25-12-6-14-32-19-7-3-2-4-8-19/h2-5,7-11,13,15H,6,12,14,16H2,1H3,(H,25,27)(H,26,28). The van der Waals surface area contributed by atoms with Crippen molar-refractivity contribution in [3.8, 4) is 0 Å². The van der Waals surface area contributed by atoms with Crippen LogP contribution in [0.25, 0.3) is 0 Å². The molecule has 0 aliphatic heterocycles. The third-order valence-corrected chi connectivity index (χ3v) is 5.55. The Hall–Kier alpha value is -3.52. The molecule has 0 unspecified atom stereocenters. The summed E-state index contributed by atoms with van der Waals surface area (Å²) >= 11 is 1.72. The minimum absolute atomic E-state index is 0.163. The number of hydrogen-bond acceptors (Lipinski definition) is 6. The fraction of sp³-hybridized carbons (Fsp3) is 0.208. The highest BCUT2D eigenvalue weighted by atomic mass is 32.2. The van der Waals surface area contributed by atoms with E-state index in [1.807, 2.05) is 30.3 Å². The molecule has 1 heterocycles. The topological polar surface area (TPSA) is 97.6 Å². The summed E-state index contributed by atoms with van der Waals surface area (Å²) < 4.78 is 10.2. The number of carbonyl (C=O) groups excluding carboxylic acids is 3. The van der Waals surface area contributed by atoms with Crippen molar-refractivity contribution in [2.45, 2.75) is 18.2 Å². The Kier molecular flexibility index (Phi) is 8.51. The summed E-state index contributed by atoms with van der Waals surface area (Å²) in [4.78, 5) is 37.6. The number of hydrogen-bond donors (Lipinski definition) is 2. The number of anilines is 1. The lowest BCUT2D eigenvalue weighted by molar-refractivity contribution is -0.124. The van der Waals surface area contributed by atoms with Gasteiger partial charge in [0.15, 0.2) is 12.4 Å². The second-order valence-electron chi connectivity index (χ2n) is 6.90. The zero-order valence-corrected chi connectivity index (χ0v) is 18.4. The van der Waals surface area contributed by atoms with Gasteiger partial charge in [0.05, 0.1) is 11.8 Å². The molecule has 8 heteroatoms. The number of furan rings is 1. The van der Waals surface area contributed by atoms with E-state index in [4.69, 9.17) is 9.15 Å². The van der Waals surface area contributed by atoms with Crippen LogP contribution in [-0.2, 0) is 9.53 Å². The van der Waals surface area contributed by atoms with E-state index in [1.165, 1.54) is 17.2 Å². The van der Waals surface area contributed by atoms with Gasteiger partial charge in [-0.15, -0.1) is 11.8 Å². The molecule has 3 aromatic rings. The van der Waals surface area contributed by atoms with Crippen molar-refractivity contribution in [1.29, 1.82) is 0 Å². The highest BCUT2D eigenvalue weighted by Crippen LogP contribution is 2.19. The number of benzene rings is 2. The maximum absolute atomic E-state index is 12.3. The van der Waals surface area contributed by atoms with Crippen LogP contribution in [0.3, 0.4) is 0 Å². The third-order valence-electron chi connectivity index (χ3n) is 4.46. The van der Waals surface area contributed by atoms with Crippen LogP contribution in [0.5, 0.6) is 0 Å². The number of thioether (sulfide) groups is 1. The first-order chi connectivity index (χ1) is 15.5. The summed E-state index contributed by atoms with van der Waals surface area (Å²) in [5.41, 5.74) is 1.46. The van der Waals surface area contributed by atoms with Gasteiger partial charge < -0.3 is 19.8 Å². The molecule has 0 aliphatic carbocycles. The minimum atomic E-state index is -0.645. The predicted molar refractivity (Wildman–Crippen MR) is 123 cm³/mol. The SMILES string of the molecule is Cc1ccc(C(=O)OCC(=O)NCCCSc2ccccc2)cc1NC(=O)c1ccco1. The summed E-state index contributed by atoms with van der Waals surface area (Å²) in [6, 6.07) is 18.0. The van der Waals surface area contributed by atoms with Crippen molar-refractivity contribution in [3.63, 3.8) is 0 Å². The Morgan fingerprint density at radius 1 is 1.03 bits per heavy atom. The molecule has 1 aromatic heterocycles. The van der Waals surface area contributed by atoms with Gasteiger partial charge in [-0.1, -0.05) is 24.3 Å². The van der Waals surface area contributed by atoms with E-state index in [0.29, 0.717) is 12.2 Å². The molecule has 0 fully saturated rings. The predicted octanol–water partition coefficient (Wildman–Crippen LogP) is 4.30. The maximum atomic E-state index is 12.3. The Labute approximate surface area is 190 Å². The molecule has 0 radical (unpaired) electrons. The van der Waals surface area contributed by atoms with Crippen LogP contribution in [0.15, 0.2) is 76.2 Å². The number of rotatable bonds is 10. The molecule has 0 spiro atoms. The zero-order valence-electron chi connectivity index (χ0n) is 17.6. The van der Waals surface area contributed by atoms with Gasteiger partial charge in [0.2, 0.25) is 0 Å². The first-order valence-electron chi connectivity index (χ1n) is 10.1. The third kappa shape index (κ3) is 7.02. The highest BCUT2D eigenvalue weighted by molar-refractivity contribution is 7.99. The van der Waals surface area contributed by atoms with Gasteiger partial charge in [0.1, 0.15) is 0 Å². The lowest BCUT2D eigenvalue weighted by atomic mass is 10.1. The van der Waals surface area contributed by atoms with E-state index in [2.05, 4.69) is 10.6 Å². The molecule has 0 saturated heterocycles. The van der Waals surface area contributed by atoms with Gasteiger partial charge in [-0.3, -0.25) is 9.59 Å². The average molecular weight is 453 g/mol. The Balaban J connectivity index is 1.41. The summed E-state index contributed by atoms with van der Waals surface area (Å²) in [7, 11) is 0. The van der Waals surface area contributed by atoms with Gasteiger partial charge in [0.25, 0.3) is 11.8 Å². The van der Waals surface area contributed by atoms with Gasteiger partial charge in [-0.05, 0) is 61.1 Å². The molecule has 0 aliphatic rings. The smallest absolute Gasteiger partial charge is 0.338 e. The van der Waals surface area contributed by atoms with Crippen LogP contribution in [-0.4, -0.2) is 36.7 Å². The summed E-state index contributed by atoms with van der Waals surface area (Å²) in [6.45, 7) is 1.94. The summed E-state index contributed by atoms with van der Waals surface area (Å²) in [6.07, 6.45) is 2.21. The highest BCUT2D eigenvalue weighted by Gasteiger charge is 2.14. The lowest BCUT2D eigenvalue weighted by Crippen LogP contribution is -2.29. The van der Waals surface area contributed by atoms with E-state index < -0.39 is 11.9 Å². The molecule has 32 heavy (non-hydrogen) atoms. The van der Waals surface area contributed by atoms with Crippen molar-refractivity contribution in [3.05, 3.63) is 83.8 Å². The lowest BCUT2D eigenvalue weighted by Gasteiger charge is -2.10. The fourth-order valence-corrected chi connectivity index (χ4v) is 3.62. The molecule has 2 N–H and O–H groups in total. The molecule has 0 bridgehead atoms. The number of aryl methyl sites for hydroxylation is 1. The van der Waals surface area contributed by atoms with Gasteiger partial charge >= 0.3 is 5.97 Å². The molecule has 2 aromatic carbocycles. The van der Waals surface area contributed by atoms with Gasteiger partial charge in [-0.2, -0.15) is 0 Å². The largest absolute Gasteiger partial charge is 0.459 e. The Morgan fingerprint density at radius 2 is 1.84 bits per heavy atom. The number of carbonyl (C=O) groups is 3. The van der Waals surface area contributed by atoms with Gasteiger partial charge in [-0.25, -0.2) is 4.79 Å². The number of ether oxygens (including phenoxy) is 1.